The molecule has 0 radical (unpaired) electrons. The van der Waals surface area contributed by atoms with Gasteiger partial charge in [-0.15, -0.1) is 0 Å². The van der Waals surface area contributed by atoms with E-state index in [1.165, 1.54) is 14.2 Å². The van der Waals surface area contributed by atoms with E-state index < -0.39 is 47.0 Å². The third kappa shape index (κ3) is 5.48. The summed E-state index contributed by atoms with van der Waals surface area (Å²) in [6, 6.07) is -1.99. The zero-order valence-electron chi connectivity index (χ0n) is 21.9. The molecule has 0 aliphatic heterocycles. The van der Waals surface area contributed by atoms with Crippen molar-refractivity contribution in [1.29, 1.82) is 0 Å². The second-order valence-corrected chi connectivity index (χ2v) is 9.59. The molecule has 0 aliphatic carbocycles. The molecule has 3 aromatic heterocycles. The third-order valence-electron chi connectivity index (χ3n) is 5.80. The Morgan fingerprint density at radius 1 is 0.737 bits per heavy atom. The highest BCUT2D eigenvalue weighted by molar-refractivity contribution is 6.02. The van der Waals surface area contributed by atoms with Gasteiger partial charge >= 0.3 is 11.9 Å². The van der Waals surface area contributed by atoms with Gasteiger partial charge in [-0.1, -0.05) is 27.7 Å². The van der Waals surface area contributed by atoms with Crippen molar-refractivity contribution >= 4 is 34.8 Å². The summed E-state index contributed by atoms with van der Waals surface area (Å²) in [7, 11) is 2.38. The van der Waals surface area contributed by atoms with E-state index >= 15 is 0 Å². The fourth-order valence-electron chi connectivity index (χ4n) is 4.08. The van der Waals surface area contributed by atoms with E-state index in [0.717, 1.165) is 21.5 Å². The highest BCUT2D eigenvalue weighted by Crippen LogP contribution is 2.12. The third-order valence-corrected chi connectivity index (χ3v) is 5.80. The van der Waals surface area contributed by atoms with Gasteiger partial charge in [0, 0.05) is 0 Å². The van der Waals surface area contributed by atoms with Crippen molar-refractivity contribution in [2.75, 3.05) is 14.2 Å². The number of nitrogens with zero attached hydrogens (tertiary/aromatic N) is 4. The number of esters is 2. The highest BCUT2D eigenvalue weighted by atomic mass is 16.5. The van der Waals surface area contributed by atoms with Gasteiger partial charge in [0.25, 0.3) is 22.9 Å². The van der Waals surface area contributed by atoms with Gasteiger partial charge in [0.1, 0.15) is 35.8 Å². The van der Waals surface area contributed by atoms with Crippen LogP contribution in [0.25, 0.3) is 11.0 Å². The van der Waals surface area contributed by atoms with E-state index in [1.807, 2.05) is 27.7 Å². The normalized spacial score (nSPS) is 13.1. The lowest BCUT2D eigenvalue weighted by Gasteiger charge is -2.17. The number of methoxy groups -OCH3 is 2. The van der Waals surface area contributed by atoms with Crippen LogP contribution in [0.3, 0.4) is 0 Å². The van der Waals surface area contributed by atoms with Crippen LogP contribution in [-0.4, -0.2) is 68.8 Å². The molecule has 0 saturated carbocycles. The van der Waals surface area contributed by atoms with Gasteiger partial charge in [-0.3, -0.25) is 28.0 Å². The van der Waals surface area contributed by atoms with Crippen LogP contribution in [0, 0.1) is 11.8 Å². The Labute approximate surface area is 216 Å². The number of ether oxygens (including phenoxy) is 2. The molecule has 2 N–H and O–H groups in total. The van der Waals surface area contributed by atoms with Gasteiger partial charge < -0.3 is 20.1 Å². The first-order valence-corrected chi connectivity index (χ1v) is 11.9. The molecule has 0 saturated heterocycles. The largest absolute Gasteiger partial charge is 0.467 e. The lowest BCUT2D eigenvalue weighted by molar-refractivity contribution is -0.144. The number of fused-ring (bicyclic) bond motifs is 2. The maximum Gasteiger partial charge on any atom is 0.328 e. The van der Waals surface area contributed by atoms with E-state index in [2.05, 4.69) is 20.6 Å². The Bertz CT molecular complexity index is 1380. The van der Waals surface area contributed by atoms with Crippen LogP contribution >= 0.6 is 0 Å². The van der Waals surface area contributed by atoms with Gasteiger partial charge in [0.2, 0.25) is 0 Å². The van der Waals surface area contributed by atoms with E-state index in [-0.39, 0.29) is 47.1 Å². The second kappa shape index (κ2) is 11.4. The molecule has 2 amide bonds. The molecule has 14 heteroatoms. The number of nitrogens with one attached hydrogen (secondary N) is 2. The van der Waals surface area contributed by atoms with Crippen LogP contribution in [0.4, 0.5) is 0 Å². The first-order valence-electron chi connectivity index (χ1n) is 11.9. The minimum absolute atomic E-state index is 0.0379. The molecule has 2 atom stereocenters. The van der Waals surface area contributed by atoms with Crippen molar-refractivity contribution < 1.29 is 28.7 Å². The maximum absolute atomic E-state index is 13.3. The summed E-state index contributed by atoms with van der Waals surface area (Å²) >= 11 is 0. The van der Waals surface area contributed by atoms with E-state index in [0.29, 0.717) is 0 Å². The molecule has 0 aliphatic rings. The molecule has 0 aromatic carbocycles. The van der Waals surface area contributed by atoms with Crippen LogP contribution in [0.5, 0.6) is 0 Å². The number of carbonyl (C=O) groups is 4. The van der Waals surface area contributed by atoms with Gasteiger partial charge in [-0.25, -0.2) is 19.6 Å². The minimum atomic E-state index is -0.994. The predicted molar refractivity (Wildman–Crippen MR) is 133 cm³/mol. The summed E-state index contributed by atoms with van der Waals surface area (Å²) < 4.78 is 11.2. The van der Waals surface area contributed by atoms with Crippen LogP contribution in [0.1, 0.15) is 61.5 Å². The second-order valence-electron chi connectivity index (χ2n) is 9.59. The average Bonchev–Trinajstić information content (AvgIpc) is 3.51. The van der Waals surface area contributed by atoms with Gasteiger partial charge in [0.05, 0.1) is 14.2 Å². The number of hydrogen-bond donors (Lipinski definition) is 2. The quantitative estimate of drug-likeness (QED) is 0.333. The summed E-state index contributed by atoms with van der Waals surface area (Å²) in [4.78, 5) is 84.6. The molecular weight excluding hydrogens is 500 g/mol. The van der Waals surface area contributed by atoms with Crippen molar-refractivity contribution in [3.63, 3.8) is 0 Å². The molecule has 14 nitrogen and oxygen atoms in total. The smallest absolute Gasteiger partial charge is 0.328 e. The summed E-state index contributed by atoms with van der Waals surface area (Å²) in [6.45, 7) is 7.42. The summed E-state index contributed by atoms with van der Waals surface area (Å²) in [6.07, 6.45) is 2.51. The van der Waals surface area contributed by atoms with Crippen LogP contribution in [0.15, 0.2) is 22.2 Å². The molecule has 3 heterocycles. The number of rotatable bonds is 10. The first kappa shape index (κ1) is 28.2. The number of hydrogen-bond acceptors (Lipinski definition) is 10. The van der Waals surface area contributed by atoms with Crippen LogP contribution < -0.4 is 21.8 Å². The van der Waals surface area contributed by atoms with Crippen molar-refractivity contribution in [2.45, 2.75) is 52.6 Å². The highest BCUT2D eigenvalue weighted by Gasteiger charge is 2.30. The number of amides is 2. The zero-order chi connectivity index (χ0) is 28.3. The standard InChI is InChI=1S/C24H30N6O8/c1-11(2)7-13(23(35)37-5)27-19(31)15-17-21(33)30-10-26-16(18(30)22(34)29(17)9-25-15)20(32)28-14(8-12(3)4)24(36)38-6/h9-14H,7-8H2,1-6H3,(H,27,31)(H,28,32)/t13-,14-/m0/s1. The molecular formula is C24H30N6O8. The molecule has 0 bridgehead atoms. The fourth-order valence-corrected chi connectivity index (χ4v) is 4.08. The lowest BCUT2D eigenvalue weighted by Crippen LogP contribution is -2.43. The van der Waals surface area contributed by atoms with Crippen molar-refractivity contribution in [1.82, 2.24) is 29.4 Å². The van der Waals surface area contributed by atoms with Gasteiger partial charge in [-0.2, -0.15) is 0 Å². The number of carbonyl (C=O) groups excluding carboxylic acids is 4. The Morgan fingerprint density at radius 3 is 1.37 bits per heavy atom. The Hall–Kier alpha value is -4.36. The zero-order valence-corrected chi connectivity index (χ0v) is 21.9. The molecule has 0 spiro atoms. The lowest BCUT2D eigenvalue weighted by atomic mass is 10.0. The van der Waals surface area contributed by atoms with E-state index in [1.54, 1.807) is 0 Å². The van der Waals surface area contributed by atoms with Gasteiger partial charge in [0.15, 0.2) is 11.4 Å². The van der Waals surface area contributed by atoms with Crippen molar-refractivity contribution in [3.05, 3.63) is 44.8 Å². The van der Waals surface area contributed by atoms with Crippen molar-refractivity contribution in [3.8, 4) is 0 Å². The number of imidazole rings is 2. The first-order chi connectivity index (χ1) is 17.9. The SMILES string of the molecule is COC(=O)[C@H](CC(C)C)NC(=O)c1ncn2c(=O)c3c(C(=O)N[C@@H](CC(C)C)C(=O)OC)ncn3c(=O)c12. The topological polar surface area (TPSA) is 180 Å². The molecule has 3 aromatic rings. The summed E-state index contributed by atoms with van der Waals surface area (Å²) in [5, 5.41) is 5.00. The van der Waals surface area contributed by atoms with E-state index in [9.17, 15) is 28.8 Å². The monoisotopic (exact) mass is 530 g/mol. The maximum atomic E-state index is 13.3. The van der Waals surface area contributed by atoms with Crippen molar-refractivity contribution in [2.24, 2.45) is 11.8 Å². The Kier molecular flexibility index (Phi) is 8.43. The average molecular weight is 531 g/mol. The number of aromatic nitrogens is 4. The summed E-state index contributed by atoms with van der Waals surface area (Å²) in [5.41, 5.74) is -3.14. The minimum Gasteiger partial charge on any atom is -0.467 e. The van der Waals surface area contributed by atoms with E-state index in [4.69, 9.17) is 9.47 Å². The molecule has 0 fully saturated rings. The Morgan fingerprint density at radius 2 is 1.08 bits per heavy atom. The Balaban J connectivity index is 2.04. The molecule has 0 unspecified atom stereocenters. The molecule has 38 heavy (non-hydrogen) atoms. The molecule has 204 valence electrons. The van der Waals surface area contributed by atoms with Crippen LogP contribution in [-0.2, 0) is 19.1 Å². The van der Waals surface area contributed by atoms with Gasteiger partial charge in [-0.05, 0) is 24.7 Å². The fraction of sp³-hybridized carbons (Fsp3) is 0.500. The summed E-state index contributed by atoms with van der Waals surface area (Å²) in [5.74, 6) is -2.97. The van der Waals surface area contributed by atoms with Crippen LogP contribution in [0.2, 0.25) is 0 Å². The predicted octanol–water partition coefficient (Wildman–Crippen LogP) is -0.225. The molecule has 3 rings (SSSR count).